The van der Waals surface area contributed by atoms with Gasteiger partial charge in [-0.25, -0.2) is 4.57 Å². The molecule has 0 saturated carbocycles. The Bertz CT molecular complexity index is 1620. The Labute approximate surface area is 237 Å². The van der Waals surface area contributed by atoms with Crippen LogP contribution in [0.4, 0.5) is 24.5 Å². The van der Waals surface area contributed by atoms with Gasteiger partial charge in [-0.15, -0.1) is 10.5 Å². The smallest absolute Gasteiger partial charge is 0.377 e. The van der Waals surface area contributed by atoms with E-state index in [9.17, 15) is 22.9 Å². The number of piperazine rings is 1. The Hall–Kier alpha value is -3.49. The quantitative estimate of drug-likeness (QED) is 0.338. The molecule has 2 N–H and O–H groups in total. The van der Waals surface area contributed by atoms with Crippen molar-refractivity contribution in [3.63, 3.8) is 0 Å². The highest BCUT2D eigenvalue weighted by Gasteiger charge is 2.45. The molecule has 0 aliphatic carbocycles. The summed E-state index contributed by atoms with van der Waals surface area (Å²) in [7, 11) is 0. The number of rotatable bonds is 5. The van der Waals surface area contributed by atoms with Crippen LogP contribution in [-0.4, -0.2) is 62.9 Å². The summed E-state index contributed by atoms with van der Waals surface area (Å²) in [4.78, 5) is 34.9. The fourth-order valence-corrected chi connectivity index (χ4v) is 6.02. The summed E-state index contributed by atoms with van der Waals surface area (Å²) in [6.07, 6.45) is -2.68. The van der Waals surface area contributed by atoms with Gasteiger partial charge in [0.25, 0.3) is 5.56 Å². The second kappa shape index (κ2) is 10.4. The van der Waals surface area contributed by atoms with Crippen LogP contribution >= 0.6 is 11.6 Å². The number of benzene rings is 1. The minimum atomic E-state index is -4.57. The number of hydrazine groups is 1. The first-order valence-corrected chi connectivity index (χ1v) is 13.8. The third-order valence-electron chi connectivity index (χ3n) is 7.77. The third-order valence-corrected chi connectivity index (χ3v) is 8.08. The van der Waals surface area contributed by atoms with E-state index in [0.717, 1.165) is 23.8 Å². The predicted molar refractivity (Wildman–Crippen MR) is 146 cm³/mol. The summed E-state index contributed by atoms with van der Waals surface area (Å²) < 4.78 is 47.8. The number of hydrogen-bond acceptors (Lipinski definition) is 7. The summed E-state index contributed by atoms with van der Waals surface area (Å²) in [5.41, 5.74) is 3.41. The lowest BCUT2D eigenvalue weighted by Gasteiger charge is -2.34. The standard InChI is InChI=1S/C26H29ClF3N8O3/c1-14-11-20(38(40)33-19-4-3-17(12-18(19)27)26(28,29)30)36-21(14)22(35-8-7-31-15(2)13-35)24(39)37-25(36)32-23(34-37)16-5-9-41-10-6-16/h3-5,12,14-15,20,31H,6-11,13H2,1-2H3,(H,33,40)/q+1/t14-,15-,20+/m1/s1. The van der Waals surface area contributed by atoms with Gasteiger partial charge in [-0.2, -0.15) is 22.7 Å². The summed E-state index contributed by atoms with van der Waals surface area (Å²) in [5.74, 6) is 0.400. The second-order valence-electron chi connectivity index (χ2n) is 10.7. The molecular formula is C26H29ClF3N8O3+. The van der Waals surface area contributed by atoms with Crippen molar-refractivity contribution in [2.45, 2.75) is 51.0 Å². The number of halogens is 4. The Morgan fingerprint density at radius 2 is 2.07 bits per heavy atom. The number of anilines is 2. The number of nitroso groups, excluding NO2 is 1. The Morgan fingerprint density at radius 3 is 2.76 bits per heavy atom. The number of nitrogens with zero attached hydrogens (tertiary/aromatic N) is 6. The number of ether oxygens (including phenoxy) is 1. The van der Waals surface area contributed by atoms with Gasteiger partial charge in [-0.05, 0) is 37.1 Å². The maximum Gasteiger partial charge on any atom is 0.416 e. The first-order valence-electron chi connectivity index (χ1n) is 13.4. The van der Waals surface area contributed by atoms with Gasteiger partial charge >= 0.3 is 12.3 Å². The van der Waals surface area contributed by atoms with Crippen molar-refractivity contribution in [3.8, 4) is 0 Å². The number of alkyl halides is 3. The van der Waals surface area contributed by atoms with Crippen molar-refractivity contribution in [2.75, 3.05) is 43.2 Å². The van der Waals surface area contributed by atoms with Crippen molar-refractivity contribution < 1.29 is 22.8 Å². The van der Waals surface area contributed by atoms with Crippen LogP contribution in [0.15, 0.2) is 29.1 Å². The van der Waals surface area contributed by atoms with Gasteiger partial charge in [0.15, 0.2) is 5.82 Å². The molecule has 3 aromatic rings. The normalized spacial score (nSPS) is 23.0. The van der Waals surface area contributed by atoms with E-state index in [2.05, 4.69) is 15.8 Å². The molecule has 15 heteroatoms. The summed E-state index contributed by atoms with van der Waals surface area (Å²) >= 11 is 6.13. The molecule has 218 valence electrons. The molecule has 3 aliphatic rings. The van der Waals surface area contributed by atoms with Crippen LogP contribution in [0.2, 0.25) is 5.02 Å². The van der Waals surface area contributed by atoms with E-state index in [-0.39, 0.29) is 34.0 Å². The molecule has 2 aromatic heterocycles. The monoisotopic (exact) mass is 593 g/mol. The Balaban J connectivity index is 1.46. The van der Waals surface area contributed by atoms with Crippen LogP contribution in [0, 0.1) is 4.91 Å². The molecule has 3 aliphatic heterocycles. The zero-order valence-electron chi connectivity index (χ0n) is 22.4. The van der Waals surface area contributed by atoms with Gasteiger partial charge in [0, 0.05) is 38.0 Å². The maximum absolute atomic E-state index is 14.0. The predicted octanol–water partition coefficient (Wildman–Crippen LogP) is 3.98. The van der Waals surface area contributed by atoms with E-state index < -0.39 is 17.9 Å². The molecule has 0 radical (unpaired) electrons. The lowest BCUT2D eigenvalue weighted by Crippen LogP contribution is -2.51. The zero-order valence-corrected chi connectivity index (χ0v) is 23.2. The number of hydrogen-bond donors (Lipinski definition) is 2. The third kappa shape index (κ3) is 4.97. The van der Waals surface area contributed by atoms with Gasteiger partial charge in [-0.1, -0.05) is 24.6 Å². The highest BCUT2D eigenvalue weighted by atomic mass is 35.5. The van der Waals surface area contributed by atoms with E-state index in [1.54, 1.807) is 4.57 Å². The average molecular weight is 594 g/mol. The second-order valence-corrected chi connectivity index (χ2v) is 11.1. The van der Waals surface area contributed by atoms with Crippen molar-refractivity contribution in [1.29, 1.82) is 0 Å². The summed E-state index contributed by atoms with van der Waals surface area (Å²) in [6, 6.07) is 2.90. The van der Waals surface area contributed by atoms with Crippen molar-refractivity contribution in [1.82, 2.24) is 24.5 Å². The molecule has 0 amide bonds. The molecule has 3 atom stereocenters. The highest BCUT2D eigenvalue weighted by Crippen LogP contribution is 2.42. The molecule has 5 heterocycles. The molecular weight excluding hydrogens is 565 g/mol. The summed E-state index contributed by atoms with van der Waals surface area (Å²) in [5, 5.41) is 7.71. The molecule has 6 rings (SSSR count). The lowest BCUT2D eigenvalue weighted by molar-refractivity contribution is -0.580. The van der Waals surface area contributed by atoms with Crippen LogP contribution in [0.25, 0.3) is 11.4 Å². The van der Waals surface area contributed by atoms with E-state index in [4.69, 9.17) is 21.3 Å². The first kappa shape index (κ1) is 27.7. The minimum Gasteiger partial charge on any atom is -0.377 e. The molecule has 0 unspecified atom stereocenters. The average Bonchev–Trinajstić information content (AvgIpc) is 3.52. The van der Waals surface area contributed by atoms with Gasteiger partial charge in [-0.3, -0.25) is 4.79 Å². The van der Waals surface area contributed by atoms with Crippen LogP contribution in [0.1, 0.15) is 55.9 Å². The number of nitrogens with one attached hydrogen (secondary N) is 2. The van der Waals surface area contributed by atoms with E-state index in [0.29, 0.717) is 67.8 Å². The van der Waals surface area contributed by atoms with E-state index >= 15 is 0 Å². The van der Waals surface area contributed by atoms with Gasteiger partial charge in [0.05, 0.1) is 34.4 Å². The molecule has 41 heavy (non-hydrogen) atoms. The molecule has 11 nitrogen and oxygen atoms in total. The number of aromatic nitrogens is 4. The zero-order chi connectivity index (χ0) is 29.1. The van der Waals surface area contributed by atoms with Crippen molar-refractivity contribution >= 4 is 34.3 Å². The van der Waals surface area contributed by atoms with Crippen molar-refractivity contribution in [3.05, 3.63) is 61.6 Å². The SMILES string of the molecule is C[C@@H]1CN(c2c3n(c4nc(C5=CCOCC5)nn4c2=O)[C@@H]([N+](=O)Nc2ccc(C(F)(F)F)cc2Cl)C[C@H]3C)CCN1. The fraction of sp³-hybridized carbons (Fsp3) is 0.500. The Morgan fingerprint density at radius 1 is 1.27 bits per heavy atom. The molecule has 1 saturated heterocycles. The fourth-order valence-electron chi connectivity index (χ4n) is 5.80. The van der Waals surface area contributed by atoms with Crippen LogP contribution in [-0.2, 0) is 10.9 Å². The number of fused-ring (bicyclic) bond motifs is 3. The molecule has 0 spiro atoms. The molecule has 0 bridgehead atoms. The van der Waals surface area contributed by atoms with Crippen LogP contribution in [0.3, 0.4) is 0 Å². The van der Waals surface area contributed by atoms with Gasteiger partial charge < -0.3 is 15.0 Å². The topological polar surface area (TPSA) is 109 Å². The van der Waals surface area contributed by atoms with Gasteiger partial charge in [0.1, 0.15) is 16.2 Å². The van der Waals surface area contributed by atoms with Crippen molar-refractivity contribution in [2.24, 2.45) is 0 Å². The Kier molecular flexibility index (Phi) is 7.02. The summed E-state index contributed by atoms with van der Waals surface area (Å²) in [6.45, 7) is 6.77. The van der Waals surface area contributed by atoms with Gasteiger partial charge in [0.2, 0.25) is 5.78 Å². The van der Waals surface area contributed by atoms with Crippen LogP contribution < -0.4 is 21.2 Å². The molecule has 1 aromatic carbocycles. The minimum absolute atomic E-state index is 0.0264. The lowest BCUT2D eigenvalue weighted by atomic mass is 10.0. The highest BCUT2D eigenvalue weighted by molar-refractivity contribution is 6.33. The van der Waals surface area contributed by atoms with E-state index in [1.807, 2.05) is 24.8 Å². The van der Waals surface area contributed by atoms with E-state index in [1.165, 1.54) is 4.52 Å². The maximum atomic E-state index is 14.0. The largest absolute Gasteiger partial charge is 0.416 e. The molecule has 1 fully saturated rings. The van der Waals surface area contributed by atoms with Crippen LogP contribution in [0.5, 0.6) is 0 Å². The first-order chi connectivity index (χ1) is 19.5.